The monoisotopic (exact) mass is 254 g/mol. The second-order valence-corrected chi connectivity index (χ2v) is 7.40. The van der Waals surface area contributed by atoms with Crippen LogP contribution in [-0.4, -0.2) is 24.4 Å². The Morgan fingerprint density at radius 2 is 1.72 bits per heavy atom. The summed E-state index contributed by atoms with van der Waals surface area (Å²) in [6, 6.07) is 0. The van der Waals surface area contributed by atoms with Gasteiger partial charge in [-0.3, -0.25) is 0 Å². The summed E-state index contributed by atoms with van der Waals surface area (Å²) in [4.78, 5) is 0. The average Bonchev–Trinajstić information content (AvgIpc) is 2.38. The molecule has 0 radical (unpaired) electrons. The van der Waals surface area contributed by atoms with Crippen LogP contribution < -0.4 is 0 Å². The van der Waals surface area contributed by atoms with Crippen molar-refractivity contribution in [1.29, 1.82) is 0 Å². The molecule has 1 saturated heterocycles. The van der Waals surface area contributed by atoms with Gasteiger partial charge in [0.25, 0.3) is 0 Å². The SMILES string of the molecule is CC(C)(C)C1CCC(C2OCCCC2CO)CC1. The largest absolute Gasteiger partial charge is 0.396 e. The van der Waals surface area contributed by atoms with E-state index >= 15 is 0 Å². The summed E-state index contributed by atoms with van der Waals surface area (Å²) < 4.78 is 5.98. The molecular weight excluding hydrogens is 224 g/mol. The zero-order chi connectivity index (χ0) is 13.2. The van der Waals surface area contributed by atoms with Gasteiger partial charge in [0.2, 0.25) is 0 Å². The third-order valence-electron chi connectivity index (χ3n) is 5.19. The van der Waals surface area contributed by atoms with Crippen molar-refractivity contribution in [2.45, 2.75) is 65.4 Å². The van der Waals surface area contributed by atoms with Crippen molar-refractivity contribution >= 4 is 0 Å². The highest BCUT2D eigenvalue weighted by Crippen LogP contribution is 2.43. The first-order valence-electron chi connectivity index (χ1n) is 7.75. The van der Waals surface area contributed by atoms with Gasteiger partial charge < -0.3 is 9.84 Å². The van der Waals surface area contributed by atoms with Crippen LogP contribution in [0.1, 0.15) is 59.3 Å². The Hall–Kier alpha value is -0.0800. The third kappa shape index (κ3) is 3.27. The molecule has 2 nitrogen and oxygen atoms in total. The fourth-order valence-corrected chi connectivity index (χ4v) is 3.90. The van der Waals surface area contributed by atoms with Crippen LogP contribution >= 0.6 is 0 Å². The molecule has 0 aromatic carbocycles. The van der Waals surface area contributed by atoms with E-state index in [-0.39, 0.29) is 0 Å². The molecule has 1 aliphatic heterocycles. The maximum atomic E-state index is 9.49. The van der Waals surface area contributed by atoms with Gasteiger partial charge in [-0.2, -0.15) is 0 Å². The van der Waals surface area contributed by atoms with Gasteiger partial charge >= 0.3 is 0 Å². The molecule has 1 saturated carbocycles. The molecule has 2 fully saturated rings. The van der Waals surface area contributed by atoms with Crippen LogP contribution in [0, 0.1) is 23.2 Å². The summed E-state index contributed by atoms with van der Waals surface area (Å²) in [5, 5.41) is 9.49. The van der Waals surface area contributed by atoms with Crippen molar-refractivity contribution in [2.24, 2.45) is 23.2 Å². The van der Waals surface area contributed by atoms with Crippen LogP contribution in [0.25, 0.3) is 0 Å². The van der Waals surface area contributed by atoms with Crippen molar-refractivity contribution in [3.63, 3.8) is 0 Å². The molecule has 2 atom stereocenters. The van der Waals surface area contributed by atoms with Gasteiger partial charge in [0.05, 0.1) is 6.10 Å². The van der Waals surface area contributed by atoms with Crippen molar-refractivity contribution in [1.82, 2.24) is 0 Å². The van der Waals surface area contributed by atoms with E-state index in [9.17, 15) is 5.11 Å². The van der Waals surface area contributed by atoms with E-state index in [4.69, 9.17) is 4.74 Å². The Morgan fingerprint density at radius 1 is 1.06 bits per heavy atom. The Balaban J connectivity index is 1.88. The number of aliphatic hydroxyl groups is 1. The molecule has 1 heterocycles. The summed E-state index contributed by atoms with van der Waals surface area (Å²) in [5.74, 6) is 1.96. The molecule has 0 aromatic rings. The fraction of sp³-hybridized carbons (Fsp3) is 1.00. The lowest BCUT2D eigenvalue weighted by Gasteiger charge is -2.42. The van der Waals surface area contributed by atoms with E-state index < -0.39 is 0 Å². The summed E-state index contributed by atoms with van der Waals surface area (Å²) in [6.07, 6.45) is 7.88. The predicted molar refractivity (Wildman–Crippen MR) is 74.5 cm³/mol. The normalized spacial score (nSPS) is 38.7. The van der Waals surface area contributed by atoms with Gasteiger partial charge in [0.15, 0.2) is 0 Å². The summed E-state index contributed by atoms with van der Waals surface area (Å²) in [7, 11) is 0. The van der Waals surface area contributed by atoms with Crippen molar-refractivity contribution < 1.29 is 9.84 Å². The van der Waals surface area contributed by atoms with E-state index in [0.717, 1.165) is 25.4 Å². The molecule has 0 aromatic heterocycles. The molecule has 1 N–H and O–H groups in total. The Morgan fingerprint density at radius 3 is 2.28 bits per heavy atom. The number of hydrogen-bond donors (Lipinski definition) is 1. The lowest BCUT2D eigenvalue weighted by Crippen LogP contribution is -2.40. The Kier molecular flexibility index (Phi) is 4.71. The number of ether oxygens (including phenoxy) is 1. The molecule has 0 spiro atoms. The highest BCUT2D eigenvalue weighted by Gasteiger charge is 2.37. The molecule has 106 valence electrons. The lowest BCUT2D eigenvalue weighted by molar-refractivity contribution is -0.0871. The van der Waals surface area contributed by atoms with E-state index in [1.165, 1.54) is 25.7 Å². The maximum absolute atomic E-state index is 9.49. The standard InChI is InChI=1S/C16H30O2/c1-16(2,3)14-8-6-12(7-9-14)15-13(11-17)5-4-10-18-15/h12-15,17H,4-11H2,1-3H3. The molecule has 2 unspecified atom stereocenters. The number of rotatable bonds is 2. The molecule has 2 aliphatic rings. The zero-order valence-corrected chi connectivity index (χ0v) is 12.3. The second kappa shape index (κ2) is 5.92. The first-order chi connectivity index (χ1) is 8.52. The van der Waals surface area contributed by atoms with Crippen LogP contribution in [0.3, 0.4) is 0 Å². The highest BCUT2D eigenvalue weighted by molar-refractivity contribution is 4.87. The topological polar surface area (TPSA) is 29.5 Å². The molecule has 1 aliphatic carbocycles. The van der Waals surface area contributed by atoms with E-state index in [0.29, 0.717) is 30.0 Å². The lowest BCUT2D eigenvalue weighted by atomic mass is 9.67. The summed E-state index contributed by atoms with van der Waals surface area (Å²) >= 11 is 0. The van der Waals surface area contributed by atoms with Crippen molar-refractivity contribution in [3.8, 4) is 0 Å². The van der Waals surface area contributed by atoms with E-state index in [2.05, 4.69) is 20.8 Å². The molecular formula is C16H30O2. The summed E-state index contributed by atoms with van der Waals surface area (Å²) in [5.41, 5.74) is 0.453. The third-order valence-corrected chi connectivity index (χ3v) is 5.19. The Labute approximate surface area is 112 Å². The number of aliphatic hydroxyl groups excluding tert-OH is 1. The van der Waals surface area contributed by atoms with Crippen LogP contribution in [0.4, 0.5) is 0 Å². The van der Waals surface area contributed by atoms with Gasteiger partial charge in [-0.05, 0) is 55.8 Å². The minimum atomic E-state index is 0.309. The predicted octanol–water partition coefficient (Wildman–Crippen LogP) is 3.63. The molecule has 2 rings (SSSR count). The van der Waals surface area contributed by atoms with Crippen LogP contribution in [0.15, 0.2) is 0 Å². The quantitative estimate of drug-likeness (QED) is 0.815. The average molecular weight is 254 g/mol. The first kappa shape index (κ1) is 14.3. The van der Waals surface area contributed by atoms with Gasteiger partial charge in [-0.15, -0.1) is 0 Å². The van der Waals surface area contributed by atoms with Crippen LogP contribution in [0.5, 0.6) is 0 Å². The van der Waals surface area contributed by atoms with Crippen molar-refractivity contribution in [3.05, 3.63) is 0 Å². The van der Waals surface area contributed by atoms with Crippen LogP contribution in [0.2, 0.25) is 0 Å². The molecule has 0 bridgehead atoms. The molecule has 0 amide bonds. The minimum absolute atomic E-state index is 0.309. The first-order valence-corrected chi connectivity index (χ1v) is 7.75. The van der Waals surface area contributed by atoms with Crippen LogP contribution in [-0.2, 0) is 4.74 Å². The number of hydrogen-bond acceptors (Lipinski definition) is 2. The highest BCUT2D eigenvalue weighted by atomic mass is 16.5. The smallest absolute Gasteiger partial charge is 0.0653 e. The molecule has 18 heavy (non-hydrogen) atoms. The maximum Gasteiger partial charge on any atom is 0.0653 e. The van der Waals surface area contributed by atoms with E-state index in [1.54, 1.807) is 0 Å². The van der Waals surface area contributed by atoms with Crippen molar-refractivity contribution in [2.75, 3.05) is 13.2 Å². The summed E-state index contributed by atoms with van der Waals surface area (Å²) in [6.45, 7) is 8.31. The van der Waals surface area contributed by atoms with Gasteiger partial charge in [-0.1, -0.05) is 20.8 Å². The molecule has 2 heteroatoms. The van der Waals surface area contributed by atoms with E-state index in [1.807, 2.05) is 0 Å². The second-order valence-electron chi connectivity index (χ2n) is 7.40. The zero-order valence-electron chi connectivity index (χ0n) is 12.3. The minimum Gasteiger partial charge on any atom is -0.396 e. The van der Waals surface area contributed by atoms with Gasteiger partial charge in [-0.25, -0.2) is 0 Å². The van der Waals surface area contributed by atoms with Gasteiger partial charge in [0.1, 0.15) is 0 Å². The fourth-order valence-electron chi connectivity index (χ4n) is 3.90. The Bertz CT molecular complexity index is 248. The van der Waals surface area contributed by atoms with Gasteiger partial charge in [0, 0.05) is 19.1 Å².